The molecule has 0 spiro atoms. The Morgan fingerprint density at radius 3 is 2.36 bits per heavy atom. The van der Waals surface area contributed by atoms with Crippen LogP contribution in [0.1, 0.15) is 24.8 Å². The molecule has 1 aromatic rings. The Kier molecular flexibility index (Phi) is 2.50. The van der Waals surface area contributed by atoms with Crippen molar-refractivity contribution in [1.29, 1.82) is 0 Å². The minimum Gasteiger partial charge on any atom is -0.314 e. The van der Waals surface area contributed by atoms with Gasteiger partial charge < -0.3 is 5.32 Å². The van der Waals surface area contributed by atoms with Gasteiger partial charge >= 0.3 is 0 Å². The fourth-order valence-electron chi connectivity index (χ4n) is 2.00. The van der Waals surface area contributed by atoms with Crippen molar-refractivity contribution >= 4 is 0 Å². The molecule has 1 saturated heterocycles. The van der Waals surface area contributed by atoms with Gasteiger partial charge in [0.2, 0.25) is 0 Å². The standard InChI is InChI=1S/C11H13F2N/c1-7-2-9(6-14-7)8-3-10(12)5-11(13)4-8/h3-5,7,9,14H,2,6H2,1H3. The molecule has 1 aliphatic rings. The van der Waals surface area contributed by atoms with Gasteiger partial charge in [0.15, 0.2) is 0 Å². The first-order chi connectivity index (χ1) is 6.65. The molecular formula is C11H13F2N. The molecule has 0 saturated carbocycles. The van der Waals surface area contributed by atoms with Crippen LogP contribution in [0.3, 0.4) is 0 Å². The lowest BCUT2D eigenvalue weighted by Crippen LogP contribution is -2.16. The quantitative estimate of drug-likeness (QED) is 0.729. The van der Waals surface area contributed by atoms with Gasteiger partial charge in [-0.05, 0) is 37.0 Å². The number of benzene rings is 1. The lowest BCUT2D eigenvalue weighted by atomic mass is 9.96. The summed E-state index contributed by atoms with van der Waals surface area (Å²) < 4.78 is 25.8. The van der Waals surface area contributed by atoms with Crippen LogP contribution in [0, 0.1) is 11.6 Å². The smallest absolute Gasteiger partial charge is 0.126 e. The van der Waals surface area contributed by atoms with Crippen molar-refractivity contribution in [3.63, 3.8) is 0 Å². The Labute approximate surface area is 82.1 Å². The van der Waals surface area contributed by atoms with E-state index in [1.165, 1.54) is 12.1 Å². The van der Waals surface area contributed by atoms with Crippen LogP contribution in [0.25, 0.3) is 0 Å². The van der Waals surface area contributed by atoms with Gasteiger partial charge in [-0.3, -0.25) is 0 Å². The average molecular weight is 197 g/mol. The second-order valence-electron chi connectivity index (χ2n) is 3.94. The lowest BCUT2D eigenvalue weighted by molar-refractivity contribution is 0.574. The highest BCUT2D eigenvalue weighted by Crippen LogP contribution is 2.26. The molecule has 3 heteroatoms. The Hall–Kier alpha value is -0.960. The normalized spacial score (nSPS) is 26.8. The molecule has 1 aliphatic heterocycles. The maximum Gasteiger partial charge on any atom is 0.126 e. The molecule has 14 heavy (non-hydrogen) atoms. The van der Waals surface area contributed by atoms with Crippen LogP contribution in [0.15, 0.2) is 18.2 Å². The van der Waals surface area contributed by atoms with E-state index in [1.54, 1.807) is 0 Å². The summed E-state index contributed by atoms with van der Waals surface area (Å²) in [7, 11) is 0. The first-order valence-corrected chi connectivity index (χ1v) is 4.84. The van der Waals surface area contributed by atoms with Crippen LogP contribution in [0.2, 0.25) is 0 Å². The lowest BCUT2D eigenvalue weighted by Gasteiger charge is -2.08. The Bertz CT molecular complexity index is 318. The molecule has 1 heterocycles. The van der Waals surface area contributed by atoms with Crippen LogP contribution < -0.4 is 5.32 Å². The van der Waals surface area contributed by atoms with Gasteiger partial charge in [0.05, 0.1) is 0 Å². The number of nitrogens with one attached hydrogen (secondary N) is 1. The van der Waals surface area contributed by atoms with Crippen LogP contribution in [-0.2, 0) is 0 Å². The van der Waals surface area contributed by atoms with E-state index >= 15 is 0 Å². The molecule has 1 fully saturated rings. The molecule has 1 aromatic carbocycles. The summed E-state index contributed by atoms with van der Waals surface area (Å²) in [5, 5.41) is 3.26. The first-order valence-electron chi connectivity index (χ1n) is 4.84. The number of hydrogen-bond donors (Lipinski definition) is 1. The maximum atomic E-state index is 12.9. The number of rotatable bonds is 1. The molecule has 2 atom stereocenters. The molecule has 2 unspecified atom stereocenters. The van der Waals surface area contributed by atoms with Crippen molar-refractivity contribution in [2.45, 2.75) is 25.3 Å². The predicted octanol–water partition coefficient (Wildman–Crippen LogP) is 2.43. The van der Waals surface area contributed by atoms with Crippen LogP contribution >= 0.6 is 0 Å². The Morgan fingerprint density at radius 1 is 1.21 bits per heavy atom. The number of halogens is 2. The number of hydrogen-bond acceptors (Lipinski definition) is 1. The van der Waals surface area contributed by atoms with Gasteiger partial charge in [-0.1, -0.05) is 0 Å². The second-order valence-corrected chi connectivity index (χ2v) is 3.94. The van der Waals surface area contributed by atoms with Crippen LogP contribution in [0.5, 0.6) is 0 Å². The Morgan fingerprint density at radius 2 is 1.86 bits per heavy atom. The summed E-state index contributed by atoms with van der Waals surface area (Å²) in [6, 6.07) is 4.20. The molecule has 1 nitrogen and oxygen atoms in total. The van der Waals surface area contributed by atoms with E-state index in [0.717, 1.165) is 24.6 Å². The van der Waals surface area contributed by atoms with Gasteiger partial charge in [-0.25, -0.2) is 8.78 Å². The topological polar surface area (TPSA) is 12.0 Å². The van der Waals surface area contributed by atoms with E-state index in [0.29, 0.717) is 6.04 Å². The zero-order valence-corrected chi connectivity index (χ0v) is 8.06. The van der Waals surface area contributed by atoms with E-state index in [9.17, 15) is 8.78 Å². The Balaban J connectivity index is 2.23. The van der Waals surface area contributed by atoms with Crippen molar-refractivity contribution < 1.29 is 8.78 Å². The van der Waals surface area contributed by atoms with E-state index in [-0.39, 0.29) is 5.92 Å². The van der Waals surface area contributed by atoms with Crippen molar-refractivity contribution in [2.75, 3.05) is 6.54 Å². The van der Waals surface area contributed by atoms with Crippen LogP contribution in [-0.4, -0.2) is 12.6 Å². The van der Waals surface area contributed by atoms with E-state index in [1.807, 2.05) is 0 Å². The largest absolute Gasteiger partial charge is 0.314 e. The van der Waals surface area contributed by atoms with E-state index in [2.05, 4.69) is 12.2 Å². The first kappa shape index (κ1) is 9.59. The van der Waals surface area contributed by atoms with Gasteiger partial charge in [-0.2, -0.15) is 0 Å². The highest BCUT2D eigenvalue weighted by molar-refractivity contribution is 5.23. The van der Waals surface area contributed by atoms with Crippen molar-refractivity contribution in [1.82, 2.24) is 5.32 Å². The summed E-state index contributed by atoms with van der Waals surface area (Å²) in [6.07, 6.45) is 0.947. The fourth-order valence-corrected chi connectivity index (χ4v) is 2.00. The second kappa shape index (κ2) is 3.65. The zero-order valence-electron chi connectivity index (χ0n) is 8.06. The van der Waals surface area contributed by atoms with E-state index in [4.69, 9.17) is 0 Å². The molecular weight excluding hydrogens is 184 g/mol. The summed E-state index contributed by atoms with van der Waals surface area (Å²) in [5.74, 6) is -0.727. The van der Waals surface area contributed by atoms with E-state index < -0.39 is 11.6 Å². The van der Waals surface area contributed by atoms with Crippen LogP contribution in [0.4, 0.5) is 8.78 Å². The third kappa shape index (κ3) is 1.93. The minimum atomic E-state index is -0.487. The monoisotopic (exact) mass is 197 g/mol. The maximum absolute atomic E-state index is 12.9. The highest BCUT2D eigenvalue weighted by Gasteiger charge is 2.22. The van der Waals surface area contributed by atoms with Gasteiger partial charge in [-0.15, -0.1) is 0 Å². The molecule has 76 valence electrons. The van der Waals surface area contributed by atoms with Crippen molar-refractivity contribution in [3.05, 3.63) is 35.4 Å². The summed E-state index contributed by atoms with van der Waals surface area (Å²) in [4.78, 5) is 0. The predicted molar refractivity (Wildman–Crippen MR) is 51.2 cm³/mol. The van der Waals surface area contributed by atoms with Crippen molar-refractivity contribution in [3.8, 4) is 0 Å². The fraction of sp³-hybridized carbons (Fsp3) is 0.455. The molecule has 0 amide bonds. The summed E-state index contributed by atoms with van der Waals surface area (Å²) >= 11 is 0. The average Bonchev–Trinajstić information content (AvgIpc) is 2.50. The molecule has 2 rings (SSSR count). The third-order valence-corrected chi connectivity index (χ3v) is 2.71. The van der Waals surface area contributed by atoms with Gasteiger partial charge in [0.25, 0.3) is 0 Å². The van der Waals surface area contributed by atoms with Gasteiger partial charge in [0, 0.05) is 18.7 Å². The molecule has 0 radical (unpaired) electrons. The third-order valence-electron chi connectivity index (χ3n) is 2.71. The SMILES string of the molecule is CC1CC(c2cc(F)cc(F)c2)CN1. The molecule has 0 aliphatic carbocycles. The van der Waals surface area contributed by atoms with Crippen molar-refractivity contribution in [2.24, 2.45) is 0 Å². The highest BCUT2D eigenvalue weighted by atomic mass is 19.1. The summed E-state index contributed by atoms with van der Waals surface area (Å²) in [6.45, 7) is 2.89. The van der Waals surface area contributed by atoms with Gasteiger partial charge in [0.1, 0.15) is 11.6 Å². The molecule has 0 aromatic heterocycles. The summed E-state index contributed by atoms with van der Waals surface area (Å²) in [5.41, 5.74) is 0.763. The molecule has 0 bridgehead atoms. The zero-order chi connectivity index (χ0) is 10.1. The molecule has 1 N–H and O–H groups in total. The minimum absolute atomic E-state index is 0.246.